The summed E-state index contributed by atoms with van der Waals surface area (Å²) in [4.78, 5) is 15.6. The first-order valence-corrected chi connectivity index (χ1v) is 5.19. The zero-order valence-corrected chi connectivity index (χ0v) is 9.34. The largest absolute Gasteiger partial charge is 0.294 e. The van der Waals surface area contributed by atoms with Gasteiger partial charge in [-0.05, 0) is 13.0 Å². The fourth-order valence-electron chi connectivity index (χ4n) is 1.60. The summed E-state index contributed by atoms with van der Waals surface area (Å²) >= 11 is 0. The Balaban J connectivity index is 2.56. The summed E-state index contributed by atoms with van der Waals surface area (Å²) in [6, 6.07) is 13.2. The van der Waals surface area contributed by atoms with E-state index in [1.807, 2.05) is 36.4 Å². The number of aromatic nitrogens is 1. The molecule has 0 fully saturated rings. The van der Waals surface area contributed by atoms with Crippen molar-refractivity contribution in [3.8, 4) is 17.3 Å². The normalized spacial score (nSPS) is 9.65. The van der Waals surface area contributed by atoms with Crippen LogP contribution in [0, 0.1) is 11.3 Å². The summed E-state index contributed by atoms with van der Waals surface area (Å²) in [5, 5.41) is 8.89. The van der Waals surface area contributed by atoms with E-state index < -0.39 is 0 Å². The Hall–Kier alpha value is -2.47. The number of ketones is 1. The zero-order chi connectivity index (χ0) is 12.3. The van der Waals surface area contributed by atoms with Gasteiger partial charge in [0.2, 0.25) is 0 Å². The average molecular weight is 222 g/mol. The molecule has 1 heterocycles. The van der Waals surface area contributed by atoms with Gasteiger partial charge in [0.1, 0.15) is 6.07 Å². The summed E-state index contributed by atoms with van der Waals surface area (Å²) in [7, 11) is 0. The highest BCUT2D eigenvalue weighted by Gasteiger charge is 2.09. The second-order valence-corrected chi connectivity index (χ2v) is 3.65. The Labute approximate surface area is 99.4 Å². The zero-order valence-electron chi connectivity index (χ0n) is 9.34. The minimum absolute atomic E-state index is 0.124. The molecule has 0 aliphatic heterocycles. The monoisotopic (exact) mass is 222 g/mol. The lowest BCUT2D eigenvalue weighted by Gasteiger charge is -2.04. The molecule has 0 spiro atoms. The minimum atomic E-state index is -0.124. The van der Waals surface area contributed by atoms with E-state index in [4.69, 9.17) is 5.26 Å². The molecule has 0 unspecified atom stereocenters. The van der Waals surface area contributed by atoms with E-state index in [0.717, 1.165) is 5.56 Å². The summed E-state index contributed by atoms with van der Waals surface area (Å²) in [6.07, 6.45) is 1.44. The van der Waals surface area contributed by atoms with Crippen molar-refractivity contribution < 1.29 is 4.79 Å². The van der Waals surface area contributed by atoms with Crippen molar-refractivity contribution in [1.29, 1.82) is 5.26 Å². The number of rotatable bonds is 2. The smallest absolute Gasteiger partial charge is 0.161 e. The van der Waals surface area contributed by atoms with E-state index in [9.17, 15) is 4.79 Å². The van der Waals surface area contributed by atoms with Gasteiger partial charge in [-0.2, -0.15) is 5.26 Å². The van der Waals surface area contributed by atoms with Crippen LogP contribution >= 0.6 is 0 Å². The van der Waals surface area contributed by atoms with Crippen LogP contribution in [0.25, 0.3) is 11.3 Å². The molecule has 0 radical (unpaired) electrons. The number of nitriles is 1. The Morgan fingerprint density at radius 1 is 1.29 bits per heavy atom. The van der Waals surface area contributed by atoms with Crippen LogP contribution in [-0.2, 0) is 0 Å². The van der Waals surface area contributed by atoms with E-state index in [0.29, 0.717) is 16.8 Å². The van der Waals surface area contributed by atoms with Gasteiger partial charge in [0.15, 0.2) is 5.78 Å². The molecule has 0 bridgehead atoms. The van der Waals surface area contributed by atoms with Gasteiger partial charge < -0.3 is 0 Å². The maximum Gasteiger partial charge on any atom is 0.161 e. The molecule has 82 valence electrons. The molecule has 0 saturated heterocycles. The van der Waals surface area contributed by atoms with Crippen molar-refractivity contribution in [3.05, 3.63) is 53.7 Å². The van der Waals surface area contributed by atoms with Gasteiger partial charge in [-0.15, -0.1) is 0 Å². The highest BCUT2D eigenvalue weighted by Crippen LogP contribution is 2.19. The summed E-state index contributed by atoms with van der Waals surface area (Å²) in [5.41, 5.74) is 2.37. The molecule has 3 nitrogen and oxygen atoms in total. The number of hydrogen-bond donors (Lipinski definition) is 0. The van der Waals surface area contributed by atoms with E-state index >= 15 is 0 Å². The van der Waals surface area contributed by atoms with E-state index in [2.05, 4.69) is 4.98 Å². The van der Waals surface area contributed by atoms with Crippen LogP contribution in [0.4, 0.5) is 0 Å². The van der Waals surface area contributed by atoms with Crippen molar-refractivity contribution in [2.75, 3.05) is 0 Å². The molecular formula is C14H10N2O. The topological polar surface area (TPSA) is 53.8 Å². The van der Waals surface area contributed by atoms with Crippen LogP contribution in [0.3, 0.4) is 0 Å². The summed E-state index contributed by atoms with van der Waals surface area (Å²) < 4.78 is 0. The van der Waals surface area contributed by atoms with Crippen LogP contribution in [-0.4, -0.2) is 10.8 Å². The van der Waals surface area contributed by atoms with Crippen LogP contribution < -0.4 is 0 Å². The highest BCUT2D eigenvalue weighted by molar-refractivity contribution is 5.97. The second kappa shape index (κ2) is 4.58. The number of carbonyl (C=O) groups excluding carboxylic acids is 1. The molecule has 0 saturated carbocycles. The van der Waals surface area contributed by atoms with Gasteiger partial charge in [-0.25, -0.2) is 0 Å². The van der Waals surface area contributed by atoms with Crippen LogP contribution in [0.5, 0.6) is 0 Å². The first-order chi connectivity index (χ1) is 8.22. The van der Waals surface area contributed by atoms with Gasteiger partial charge in [-0.3, -0.25) is 9.78 Å². The molecule has 1 aromatic heterocycles. The predicted octanol–water partition coefficient (Wildman–Crippen LogP) is 2.82. The number of nitrogens with zero attached hydrogens (tertiary/aromatic N) is 2. The highest BCUT2D eigenvalue weighted by atomic mass is 16.1. The van der Waals surface area contributed by atoms with Crippen molar-refractivity contribution in [1.82, 2.24) is 4.98 Å². The third kappa shape index (κ3) is 2.21. The Morgan fingerprint density at radius 2 is 2.00 bits per heavy atom. The molecule has 0 amide bonds. The lowest BCUT2D eigenvalue weighted by atomic mass is 10.0. The molecule has 2 aromatic rings. The maximum atomic E-state index is 11.4. The van der Waals surface area contributed by atoms with Crippen LogP contribution in [0.2, 0.25) is 0 Å². The first-order valence-electron chi connectivity index (χ1n) is 5.19. The molecule has 1 aromatic carbocycles. The molecule has 0 aliphatic carbocycles. The molecule has 0 atom stereocenters. The van der Waals surface area contributed by atoms with Gasteiger partial charge in [0.05, 0.1) is 11.3 Å². The van der Waals surface area contributed by atoms with Crippen molar-refractivity contribution in [3.63, 3.8) is 0 Å². The van der Waals surface area contributed by atoms with E-state index in [1.54, 1.807) is 6.07 Å². The Morgan fingerprint density at radius 3 is 2.59 bits per heavy atom. The van der Waals surface area contributed by atoms with Crippen molar-refractivity contribution in [2.24, 2.45) is 0 Å². The van der Waals surface area contributed by atoms with Crippen LogP contribution in [0.1, 0.15) is 22.8 Å². The second-order valence-electron chi connectivity index (χ2n) is 3.65. The number of carbonyl (C=O) groups is 1. The minimum Gasteiger partial charge on any atom is -0.294 e. The third-order valence-electron chi connectivity index (χ3n) is 2.47. The van der Waals surface area contributed by atoms with Gasteiger partial charge in [0, 0.05) is 17.3 Å². The Bertz CT molecular complexity index is 597. The van der Waals surface area contributed by atoms with Gasteiger partial charge >= 0.3 is 0 Å². The van der Waals surface area contributed by atoms with E-state index in [1.165, 1.54) is 13.1 Å². The number of hydrogen-bond acceptors (Lipinski definition) is 3. The SMILES string of the molecule is CC(=O)c1cc(-c2ccccc2)ncc1C#N. The molecule has 3 heteroatoms. The summed E-state index contributed by atoms with van der Waals surface area (Å²) in [6.45, 7) is 1.45. The molecular weight excluding hydrogens is 212 g/mol. The maximum absolute atomic E-state index is 11.4. The van der Waals surface area contributed by atoms with Crippen molar-refractivity contribution >= 4 is 5.78 Å². The molecule has 0 aliphatic rings. The lowest BCUT2D eigenvalue weighted by Crippen LogP contribution is -1.99. The fraction of sp³-hybridized carbons (Fsp3) is 0.0714. The fourth-order valence-corrected chi connectivity index (χ4v) is 1.60. The molecule has 0 N–H and O–H groups in total. The van der Waals surface area contributed by atoms with Gasteiger partial charge in [-0.1, -0.05) is 30.3 Å². The quantitative estimate of drug-likeness (QED) is 0.734. The standard InChI is InChI=1S/C14H10N2O/c1-10(17)13-7-14(16-9-12(13)8-15)11-5-3-2-4-6-11/h2-7,9H,1H3. The van der Waals surface area contributed by atoms with Crippen LogP contribution in [0.15, 0.2) is 42.6 Å². The third-order valence-corrected chi connectivity index (χ3v) is 2.47. The van der Waals surface area contributed by atoms with Crippen molar-refractivity contribution in [2.45, 2.75) is 6.92 Å². The number of Topliss-reactive ketones (excluding diaryl/α,β-unsaturated/α-hetero) is 1. The lowest BCUT2D eigenvalue weighted by molar-refractivity contribution is 0.101. The number of pyridine rings is 1. The average Bonchev–Trinajstić information content (AvgIpc) is 2.39. The Kier molecular flexibility index (Phi) is 2.97. The molecule has 2 rings (SSSR count). The van der Waals surface area contributed by atoms with E-state index in [-0.39, 0.29) is 5.78 Å². The number of benzene rings is 1. The predicted molar refractivity (Wildman–Crippen MR) is 64.4 cm³/mol. The molecule has 17 heavy (non-hydrogen) atoms. The first kappa shape index (κ1) is 11.0. The van der Waals surface area contributed by atoms with Gasteiger partial charge in [0.25, 0.3) is 0 Å². The summed E-state index contributed by atoms with van der Waals surface area (Å²) in [5.74, 6) is -0.124.